The molecule has 0 spiro atoms. The molecule has 2 amide bonds. The van der Waals surface area contributed by atoms with E-state index in [-0.39, 0.29) is 29.5 Å². The fourth-order valence-electron chi connectivity index (χ4n) is 4.75. The van der Waals surface area contributed by atoms with Crippen LogP contribution in [0.1, 0.15) is 62.2 Å². The highest BCUT2D eigenvalue weighted by Gasteiger charge is 2.24. The molecule has 248 valence electrons. The molecule has 11 nitrogen and oxygen atoms in total. The number of rotatable bonds is 10. The largest absolute Gasteiger partial charge is 0.480 e. The number of hydrogen-bond acceptors (Lipinski definition) is 8. The minimum atomic E-state index is -1.36. The van der Waals surface area contributed by atoms with E-state index in [9.17, 15) is 19.5 Å². The summed E-state index contributed by atoms with van der Waals surface area (Å²) < 4.78 is 31.5. The van der Waals surface area contributed by atoms with Crippen molar-refractivity contribution in [3.63, 3.8) is 0 Å². The number of carboxylic acid groups (broad SMARTS) is 1. The molecule has 0 aliphatic rings. The molecule has 1 atom stereocenters. The lowest BCUT2D eigenvalue weighted by atomic mass is 10.0. The lowest BCUT2D eigenvalue weighted by molar-refractivity contribution is -0.139. The van der Waals surface area contributed by atoms with Crippen LogP contribution in [-0.2, 0) is 16.0 Å². The summed E-state index contributed by atoms with van der Waals surface area (Å²) in [6.45, 7) is 9.47. The maximum absolute atomic E-state index is 15.2. The quantitative estimate of drug-likeness (QED) is 0.137. The molecule has 0 aliphatic heterocycles. The third kappa shape index (κ3) is 8.32. The number of anilines is 1. The Kier molecular flexibility index (Phi) is 9.74. The predicted molar refractivity (Wildman–Crippen MR) is 176 cm³/mol. The first-order chi connectivity index (χ1) is 22.8. The molecule has 3 N–H and O–H groups in total. The number of hydrogen-bond donors (Lipinski definition) is 3. The summed E-state index contributed by atoms with van der Waals surface area (Å²) in [6, 6.07) is 20.2. The minimum absolute atomic E-state index is 0.0134. The number of benzene rings is 3. The first-order valence-electron chi connectivity index (χ1n) is 15.2. The summed E-state index contributed by atoms with van der Waals surface area (Å²) in [4.78, 5) is 41.2. The van der Waals surface area contributed by atoms with Crippen molar-refractivity contribution in [2.24, 2.45) is 0 Å². The van der Waals surface area contributed by atoms with Gasteiger partial charge in [-0.2, -0.15) is 4.98 Å². The highest BCUT2D eigenvalue weighted by molar-refractivity contribution is 5.95. The number of carboxylic acids is 1. The standard InChI is InChI=1S/C36H35FN4O7/c1-20(2)22-7-9-23(10-8-22)29-16-17-30(46-29)32(42)39-28(34(43)44)19-21-6-15-26(27(37)18-21)31-40-33(48-41-31)24-11-13-25(14-12-24)38-35(45)47-36(3,4)5/h6-18,20,28H,19H2,1-5H3,(H,38,45)(H,39,42)(H,43,44). The monoisotopic (exact) mass is 654 g/mol. The summed E-state index contributed by atoms with van der Waals surface area (Å²) in [7, 11) is 0. The molecule has 12 heteroatoms. The normalized spacial score (nSPS) is 12.1. The molecular formula is C36H35FN4O7. The van der Waals surface area contributed by atoms with Crippen LogP contribution in [-0.4, -0.2) is 44.9 Å². The van der Waals surface area contributed by atoms with Crippen LogP contribution >= 0.6 is 0 Å². The predicted octanol–water partition coefficient (Wildman–Crippen LogP) is 7.70. The van der Waals surface area contributed by atoms with Crippen LogP contribution in [0.3, 0.4) is 0 Å². The minimum Gasteiger partial charge on any atom is -0.480 e. The molecule has 2 aromatic heterocycles. The first kappa shape index (κ1) is 33.6. The van der Waals surface area contributed by atoms with Gasteiger partial charge in [-0.05, 0) is 86.3 Å². The van der Waals surface area contributed by atoms with Crippen molar-refractivity contribution in [3.8, 4) is 34.2 Å². The Morgan fingerprint density at radius 1 is 0.938 bits per heavy atom. The Balaban J connectivity index is 1.22. The zero-order valence-electron chi connectivity index (χ0n) is 27.0. The SMILES string of the molecule is CC(C)c1ccc(-c2ccc(C(=O)NC(Cc3ccc(-c4noc(-c5ccc(NC(=O)OC(C)(C)C)cc5)n4)c(F)c3)C(=O)O)o2)cc1. The van der Waals surface area contributed by atoms with Crippen molar-refractivity contribution in [2.75, 3.05) is 5.32 Å². The van der Waals surface area contributed by atoms with Crippen molar-refractivity contribution < 1.29 is 37.6 Å². The van der Waals surface area contributed by atoms with Crippen LogP contribution < -0.4 is 10.6 Å². The number of carbonyl (C=O) groups is 3. The van der Waals surface area contributed by atoms with E-state index >= 15 is 4.39 Å². The number of nitrogens with zero attached hydrogens (tertiary/aromatic N) is 2. The highest BCUT2D eigenvalue weighted by Crippen LogP contribution is 2.27. The third-order valence-electron chi connectivity index (χ3n) is 7.21. The Morgan fingerprint density at radius 2 is 1.62 bits per heavy atom. The Labute approximate surface area is 276 Å². The molecule has 48 heavy (non-hydrogen) atoms. The van der Waals surface area contributed by atoms with E-state index < -0.39 is 35.4 Å². The average Bonchev–Trinajstić information content (AvgIpc) is 3.71. The van der Waals surface area contributed by atoms with Gasteiger partial charge in [0.05, 0.1) is 5.56 Å². The number of nitrogens with one attached hydrogen (secondary N) is 2. The molecular weight excluding hydrogens is 619 g/mol. The fourth-order valence-corrected chi connectivity index (χ4v) is 4.75. The summed E-state index contributed by atoms with van der Waals surface area (Å²) in [6.07, 6.45) is -0.787. The average molecular weight is 655 g/mol. The molecule has 1 unspecified atom stereocenters. The van der Waals surface area contributed by atoms with Gasteiger partial charge in [0.15, 0.2) is 5.76 Å². The lowest BCUT2D eigenvalue weighted by Gasteiger charge is -2.19. The van der Waals surface area contributed by atoms with Gasteiger partial charge < -0.3 is 24.1 Å². The van der Waals surface area contributed by atoms with Crippen molar-refractivity contribution >= 4 is 23.7 Å². The van der Waals surface area contributed by atoms with Gasteiger partial charge in [-0.3, -0.25) is 10.1 Å². The number of ether oxygens (including phenoxy) is 1. The number of furan rings is 1. The van der Waals surface area contributed by atoms with Gasteiger partial charge in [0.25, 0.3) is 11.8 Å². The van der Waals surface area contributed by atoms with Crippen molar-refractivity contribution in [1.29, 1.82) is 0 Å². The molecule has 0 fully saturated rings. The second-order valence-corrected chi connectivity index (χ2v) is 12.5. The van der Waals surface area contributed by atoms with E-state index in [1.807, 2.05) is 24.3 Å². The lowest BCUT2D eigenvalue weighted by Crippen LogP contribution is -2.42. The third-order valence-corrected chi connectivity index (χ3v) is 7.21. The first-order valence-corrected chi connectivity index (χ1v) is 15.2. The van der Waals surface area contributed by atoms with Gasteiger partial charge in [-0.15, -0.1) is 0 Å². The molecule has 3 aromatic carbocycles. The van der Waals surface area contributed by atoms with Gasteiger partial charge in [-0.25, -0.2) is 14.0 Å². The molecule has 0 radical (unpaired) electrons. The molecule has 0 aliphatic carbocycles. The topological polar surface area (TPSA) is 157 Å². The number of aromatic nitrogens is 2. The van der Waals surface area contributed by atoms with E-state index in [4.69, 9.17) is 13.7 Å². The zero-order valence-corrected chi connectivity index (χ0v) is 27.0. The number of aliphatic carboxylic acids is 1. The number of carbonyl (C=O) groups excluding carboxylic acids is 2. The van der Waals surface area contributed by atoms with Crippen molar-refractivity contribution in [2.45, 2.75) is 58.6 Å². The maximum Gasteiger partial charge on any atom is 0.412 e. The van der Waals surface area contributed by atoms with Crippen molar-refractivity contribution in [3.05, 3.63) is 102 Å². The van der Waals surface area contributed by atoms with Gasteiger partial charge >= 0.3 is 12.1 Å². The molecule has 0 bridgehead atoms. The summed E-state index contributed by atoms with van der Waals surface area (Å²) in [5.74, 6) is -1.80. The fraction of sp³-hybridized carbons (Fsp3) is 0.250. The number of halogens is 1. The Hall–Kier alpha value is -5.78. The van der Waals surface area contributed by atoms with Crippen LogP contribution in [0.5, 0.6) is 0 Å². The smallest absolute Gasteiger partial charge is 0.412 e. The van der Waals surface area contributed by atoms with Crippen LogP contribution in [0.25, 0.3) is 34.2 Å². The van der Waals surface area contributed by atoms with E-state index in [0.717, 1.165) is 17.2 Å². The van der Waals surface area contributed by atoms with Gasteiger partial charge in [-0.1, -0.05) is 49.3 Å². The van der Waals surface area contributed by atoms with Gasteiger partial charge in [0, 0.05) is 23.2 Å². The molecule has 0 saturated carbocycles. The second kappa shape index (κ2) is 13.9. The molecule has 0 saturated heterocycles. The van der Waals surface area contributed by atoms with Crippen molar-refractivity contribution in [1.82, 2.24) is 15.5 Å². The Bertz CT molecular complexity index is 1920. The van der Waals surface area contributed by atoms with Crippen LogP contribution in [0.2, 0.25) is 0 Å². The Morgan fingerprint density at radius 3 is 2.25 bits per heavy atom. The van der Waals surface area contributed by atoms with E-state index in [2.05, 4.69) is 34.6 Å². The molecule has 5 rings (SSSR count). The second-order valence-electron chi connectivity index (χ2n) is 12.5. The summed E-state index contributed by atoms with van der Waals surface area (Å²) in [5, 5.41) is 18.8. The van der Waals surface area contributed by atoms with E-state index in [1.54, 1.807) is 51.1 Å². The molecule has 5 aromatic rings. The summed E-state index contributed by atoms with van der Waals surface area (Å²) >= 11 is 0. The van der Waals surface area contributed by atoms with Gasteiger partial charge in [0.2, 0.25) is 5.82 Å². The van der Waals surface area contributed by atoms with Crippen LogP contribution in [0, 0.1) is 5.82 Å². The number of amides is 2. The van der Waals surface area contributed by atoms with E-state index in [0.29, 0.717) is 28.5 Å². The highest BCUT2D eigenvalue weighted by atomic mass is 19.1. The van der Waals surface area contributed by atoms with Crippen LogP contribution in [0.15, 0.2) is 87.8 Å². The van der Waals surface area contributed by atoms with Crippen LogP contribution in [0.4, 0.5) is 14.9 Å². The zero-order chi connectivity index (χ0) is 34.6. The molecule has 2 heterocycles. The summed E-state index contributed by atoms with van der Waals surface area (Å²) in [5.41, 5.74) is 2.70. The maximum atomic E-state index is 15.2. The van der Waals surface area contributed by atoms with E-state index in [1.165, 1.54) is 18.2 Å². The van der Waals surface area contributed by atoms with Gasteiger partial charge in [0.1, 0.15) is 23.2 Å².